The van der Waals surface area contributed by atoms with Crippen molar-refractivity contribution < 1.29 is 14.1 Å². The summed E-state index contributed by atoms with van der Waals surface area (Å²) >= 11 is 5.92. The summed E-state index contributed by atoms with van der Waals surface area (Å²) in [4.78, 5) is 19.5. The molecule has 0 radical (unpaired) electrons. The molecule has 2 fully saturated rings. The third-order valence-corrected chi connectivity index (χ3v) is 6.70. The van der Waals surface area contributed by atoms with Crippen LogP contribution in [0.2, 0.25) is 5.02 Å². The maximum absolute atomic E-state index is 12.5. The zero-order valence-corrected chi connectivity index (χ0v) is 18.7. The number of nitrogens with zero attached hydrogens (tertiary/aromatic N) is 3. The molecule has 1 aromatic carbocycles. The Hall–Kier alpha value is -1.96. The van der Waals surface area contributed by atoms with Crippen molar-refractivity contribution in [3.05, 3.63) is 35.2 Å². The summed E-state index contributed by atoms with van der Waals surface area (Å²) in [5.74, 6) is 1.19. The van der Waals surface area contributed by atoms with Crippen LogP contribution in [0.5, 0.6) is 0 Å². The summed E-state index contributed by atoms with van der Waals surface area (Å²) < 4.78 is 10.9. The molecule has 7 nitrogen and oxygen atoms in total. The van der Waals surface area contributed by atoms with E-state index in [-0.39, 0.29) is 11.4 Å². The number of morpholine rings is 1. The lowest BCUT2D eigenvalue weighted by Gasteiger charge is -2.48. The topological polar surface area (TPSA) is 80.5 Å². The first-order valence-electron chi connectivity index (χ1n) is 11.3. The SMILES string of the molecule is O=C(CCCc1nc(-c2ccc(Cl)cc2)no1)NCC1(N2CCOCC2)CCCCC1. The average Bonchev–Trinajstić information content (AvgIpc) is 3.28. The van der Waals surface area contributed by atoms with Crippen LogP contribution >= 0.6 is 11.6 Å². The van der Waals surface area contributed by atoms with Gasteiger partial charge in [-0.1, -0.05) is 36.0 Å². The Labute approximate surface area is 188 Å². The maximum atomic E-state index is 12.5. The van der Waals surface area contributed by atoms with Crippen LogP contribution in [-0.2, 0) is 16.0 Å². The van der Waals surface area contributed by atoms with Crippen molar-refractivity contribution in [1.29, 1.82) is 0 Å². The van der Waals surface area contributed by atoms with Gasteiger partial charge in [0.05, 0.1) is 13.2 Å². The molecule has 1 saturated heterocycles. The molecule has 1 aliphatic carbocycles. The van der Waals surface area contributed by atoms with Crippen molar-refractivity contribution in [2.75, 3.05) is 32.8 Å². The van der Waals surface area contributed by atoms with E-state index in [1.54, 1.807) is 12.1 Å². The van der Waals surface area contributed by atoms with Crippen LogP contribution in [0.1, 0.15) is 50.8 Å². The van der Waals surface area contributed by atoms with Gasteiger partial charge in [0.1, 0.15) is 0 Å². The Balaban J connectivity index is 1.24. The third kappa shape index (κ3) is 5.84. The molecule has 168 valence electrons. The second kappa shape index (κ2) is 10.6. The fourth-order valence-electron chi connectivity index (χ4n) is 4.68. The number of ether oxygens (including phenoxy) is 1. The van der Waals surface area contributed by atoms with E-state index >= 15 is 0 Å². The molecule has 0 atom stereocenters. The van der Waals surface area contributed by atoms with Crippen molar-refractivity contribution in [2.45, 2.75) is 56.9 Å². The number of halogens is 1. The fourth-order valence-corrected chi connectivity index (χ4v) is 4.80. The van der Waals surface area contributed by atoms with E-state index in [1.165, 1.54) is 19.3 Å². The molecule has 0 bridgehead atoms. The summed E-state index contributed by atoms with van der Waals surface area (Å²) in [7, 11) is 0. The monoisotopic (exact) mass is 446 g/mol. The molecule has 0 spiro atoms. The summed E-state index contributed by atoms with van der Waals surface area (Å²) in [6.07, 6.45) is 7.80. The van der Waals surface area contributed by atoms with E-state index < -0.39 is 0 Å². The maximum Gasteiger partial charge on any atom is 0.226 e. The molecule has 8 heteroatoms. The lowest BCUT2D eigenvalue weighted by molar-refractivity contribution is -0.122. The van der Waals surface area contributed by atoms with Gasteiger partial charge in [-0.15, -0.1) is 0 Å². The molecular weight excluding hydrogens is 416 g/mol. The van der Waals surface area contributed by atoms with Crippen molar-refractivity contribution in [2.24, 2.45) is 0 Å². The molecular formula is C23H31ClN4O3. The highest BCUT2D eigenvalue weighted by Gasteiger charge is 2.38. The first kappa shape index (κ1) is 22.2. The van der Waals surface area contributed by atoms with E-state index in [0.29, 0.717) is 36.0 Å². The summed E-state index contributed by atoms with van der Waals surface area (Å²) in [6, 6.07) is 7.32. The van der Waals surface area contributed by atoms with Gasteiger partial charge in [-0.05, 0) is 43.5 Å². The van der Waals surface area contributed by atoms with Gasteiger partial charge in [-0.3, -0.25) is 9.69 Å². The van der Waals surface area contributed by atoms with Gasteiger partial charge in [0.2, 0.25) is 17.6 Å². The predicted octanol–water partition coefficient (Wildman–Crippen LogP) is 3.86. The Morgan fingerprint density at radius 2 is 1.87 bits per heavy atom. The highest BCUT2D eigenvalue weighted by atomic mass is 35.5. The van der Waals surface area contributed by atoms with Crippen molar-refractivity contribution in [3.8, 4) is 11.4 Å². The lowest BCUT2D eigenvalue weighted by Crippen LogP contribution is -2.59. The number of hydrogen-bond donors (Lipinski definition) is 1. The number of rotatable bonds is 8. The van der Waals surface area contributed by atoms with E-state index in [1.807, 2.05) is 12.1 Å². The van der Waals surface area contributed by atoms with Gasteiger partial charge in [-0.25, -0.2) is 0 Å². The molecule has 1 aliphatic heterocycles. The van der Waals surface area contributed by atoms with Crippen LogP contribution in [0, 0.1) is 0 Å². The molecule has 1 aromatic heterocycles. The molecule has 31 heavy (non-hydrogen) atoms. The van der Waals surface area contributed by atoms with Gasteiger partial charge in [0.15, 0.2) is 0 Å². The van der Waals surface area contributed by atoms with Crippen LogP contribution in [0.3, 0.4) is 0 Å². The van der Waals surface area contributed by atoms with Gasteiger partial charge in [-0.2, -0.15) is 4.98 Å². The number of aromatic nitrogens is 2. The van der Waals surface area contributed by atoms with Gasteiger partial charge in [0, 0.05) is 48.6 Å². The van der Waals surface area contributed by atoms with Crippen LogP contribution in [0.25, 0.3) is 11.4 Å². The average molecular weight is 447 g/mol. The second-order valence-corrected chi connectivity index (χ2v) is 8.97. The first-order chi connectivity index (χ1) is 15.1. The standard InChI is InChI=1S/C23H31ClN4O3/c24-19-9-7-18(8-10-19)22-26-21(31-27-22)6-4-5-20(29)25-17-23(11-2-1-3-12-23)28-13-15-30-16-14-28/h7-10H,1-6,11-17H2,(H,25,29). The third-order valence-electron chi connectivity index (χ3n) is 6.45. The molecule has 2 heterocycles. The van der Waals surface area contributed by atoms with E-state index in [9.17, 15) is 4.79 Å². The smallest absolute Gasteiger partial charge is 0.226 e. The van der Waals surface area contributed by atoms with Crippen LogP contribution in [-0.4, -0.2) is 59.3 Å². The van der Waals surface area contributed by atoms with Gasteiger partial charge >= 0.3 is 0 Å². The number of hydrogen-bond acceptors (Lipinski definition) is 6. The van der Waals surface area contributed by atoms with Gasteiger partial charge in [0.25, 0.3) is 0 Å². The van der Waals surface area contributed by atoms with Gasteiger partial charge < -0.3 is 14.6 Å². The Kier molecular flexibility index (Phi) is 7.58. The summed E-state index contributed by atoms with van der Waals surface area (Å²) in [6.45, 7) is 4.23. The van der Waals surface area contributed by atoms with Crippen molar-refractivity contribution in [1.82, 2.24) is 20.4 Å². The minimum absolute atomic E-state index is 0.0932. The predicted molar refractivity (Wildman–Crippen MR) is 119 cm³/mol. The normalized spacial score (nSPS) is 19.3. The molecule has 4 rings (SSSR count). The van der Waals surface area contributed by atoms with Crippen LogP contribution in [0.4, 0.5) is 0 Å². The largest absolute Gasteiger partial charge is 0.379 e. The van der Waals surface area contributed by atoms with Crippen LogP contribution < -0.4 is 5.32 Å². The molecule has 1 saturated carbocycles. The second-order valence-electron chi connectivity index (χ2n) is 8.53. The lowest BCUT2D eigenvalue weighted by atomic mass is 9.79. The summed E-state index contributed by atoms with van der Waals surface area (Å²) in [5, 5.41) is 7.91. The molecule has 2 aliphatic rings. The van der Waals surface area contributed by atoms with Crippen molar-refractivity contribution in [3.63, 3.8) is 0 Å². The number of carbonyl (C=O) groups is 1. The molecule has 1 amide bonds. The Bertz CT molecular complexity index is 843. The number of benzene rings is 1. The first-order valence-corrected chi connectivity index (χ1v) is 11.7. The number of nitrogens with one attached hydrogen (secondary N) is 1. The van der Waals surface area contributed by atoms with E-state index in [0.717, 1.165) is 51.3 Å². The molecule has 1 N–H and O–H groups in total. The zero-order valence-electron chi connectivity index (χ0n) is 17.9. The Morgan fingerprint density at radius 1 is 1.13 bits per heavy atom. The molecule has 0 unspecified atom stereocenters. The van der Waals surface area contributed by atoms with Crippen molar-refractivity contribution >= 4 is 17.5 Å². The fraction of sp³-hybridized carbons (Fsp3) is 0.609. The quantitative estimate of drug-likeness (QED) is 0.663. The number of carbonyl (C=O) groups excluding carboxylic acids is 1. The minimum Gasteiger partial charge on any atom is -0.379 e. The Morgan fingerprint density at radius 3 is 2.61 bits per heavy atom. The zero-order chi connectivity index (χ0) is 21.5. The van der Waals surface area contributed by atoms with E-state index in [4.69, 9.17) is 20.9 Å². The van der Waals surface area contributed by atoms with Crippen LogP contribution in [0.15, 0.2) is 28.8 Å². The highest BCUT2D eigenvalue weighted by Crippen LogP contribution is 2.34. The number of aryl methyl sites for hydroxylation is 1. The number of amides is 1. The molecule has 2 aromatic rings. The summed E-state index contributed by atoms with van der Waals surface area (Å²) in [5.41, 5.74) is 0.954. The minimum atomic E-state index is 0.0932. The van der Waals surface area contributed by atoms with E-state index in [2.05, 4.69) is 20.4 Å². The highest BCUT2D eigenvalue weighted by molar-refractivity contribution is 6.30.